The van der Waals surface area contributed by atoms with Crippen LogP contribution in [0.1, 0.15) is 32.8 Å². The second-order valence-electron chi connectivity index (χ2n) is 7.51. The van der Waals surface area contributed by atoms with Crippen LogP contribution in [0.25, 0.3) is 11.0 Å². The zero-order chi connectivity index (χ0) is 22.2. The van der Waals surface area contributed by atoms with Crippen LogP contribution in [0.3, 0.4) is 0 Å². The van der Waals surface area contributed by atoms with Gasteiger partial charge < -0.3 is 15.4 Å². The fraction of sp³-hybridized carbons (Fsp3) is 0.455. The number of fused-ring (bicyclic) bond motifs is 1. The van der Waals surface area contributed by atoms with Crippen molar-refractivity contribution in [2.45, 2.75) is 51.1 Å². The van der Waals surface area contributed by atoms with Crippen LogP contribution >= 0.6 is 11.8 Å². The number of nitrogens with zero attached hydrogens (tertiary/aromatic N) is 4. The van der Waals surface area contributed by atoms with Crippen molar-refractivity contribution in [3.63, 3.8) is 0 Å². The molecule has 0 aliphatic heterocycles. The lowest BCUT2D eigenvalue weighted by atomic mass is 10.2. The number of aromatic nitrogens is 4. The summed E-state index contributed by atoms with van der Waals surface area (Å²) < 4.78 is 7.35. The molecule has 0 saturated heterocycles. The summed E-state index contributed by atoms with van der Waals surface area (Å²) in [6.45, 7) is 10.1. The predicted molar refractivity (Wildman–Crippen MR) is 125 cm³/mol. The maximum Gasteiger partial charge on any atom is 0.258 e. The van der Waals surface area contributed by atoms with Crippen molar-refractivity contribution < 1.29 is 9.53 Å². The van der Waals surface area contributed by atoms with Crippen molar-refractivity contribution >= 4 is 34.5 Å². The quantitative estimate of drug-likeness (QED) is 0.346. The van der Waals surface area contributed by atoms with E-state index in [9.17, 15) is 4.79 Å². The number of hydrogen-bond acceptors (Lipinski definition) is 7. The number of benzene rings is 1. The SMILES string of the molecule is CCCNc1nc(SC(C)C)nc2c1cnn2CCNC(=O)COc1cccc(C)c1. The Morgan fingerprint density at radius 2 is 2.10 bits per heavy atom. The Morgan fingerprint density at radius 1 is 1.26 bits per heavy atom. The van der Waals surface area contributed by atoms with Crippen LogP contribution in [-0.4, -0.2) is 50.6 Å². The lowest BCUT2D eigenvalue weighted by molar-refractivity contribution is -0.123. The smallest absolute Gasteiger partial charge is 0.258 e. The van der Waals surface area contributed by atoms with E-state index in [4.69, 9.17) is 9.72 Å². The molecule has 166 valence electrons. The topological polar surface area (TPSA) is 94.0 Å². The van der Waals surface area contributed by atoms with E-state index in [1.165, 1.54) is 0 Å². The van der Waals surface area contributed by atoms with Crippen LogP contribution in [0.5, 0.6) is 5.75 Å². The lowest BCUT2D eigenvalue weighted by Crippen LogP contribution is -2.31. The average Bonchev–Trinajstić information content (AvgIpc) is 3.13. The molecule has 31 heavy (non-hydrogen) atoms. The Bertz CT molecular complexity index is 1020. The van der Waals surface area contributed by atoms with E-state index in [0.717, 1.165) is 40.5 Å². The van der Waals surface area contributed by atoms with Crippen molar-refractivity contribution in [2.24, 2.45) is 0 Å². The van der Waals surface area contributed by atoms with Gasteiger partial charge in [0.2, 0.25) is 0 Å². The van der Waals surface area contributed by atoms with Crippen LogP contribution in [-0.2, 0) is 11.3 Å². The number of rotatable bonds is 11. The minimum atomic E-state index is -0.172. The Hall–Kier alpha value is -2.81. The summed E-state index contributed by atoms with van der Waals surface area (Å²) in [4.78, 5) is 21.5. The van der Waals surface area contributed by atoms with E-state index >= 15 is 0 Å². The van der Waals surface area contributed by atoms with Gasteiger partial charge in [-0.05, 0) is 31.0 Å². The van der Waals surface area contributed by atoms with Gasteiger partial charge in [-0.25, -0.2) is 14.6 Å². The third-order valence-electron chi connectivity index (χ3n) is 4.36. The number of aryl methyl sites for hydroxylation is 1. The molecule has 1 amide bonds. The highest BCUT2D eigenvalue weighted by atomic mass is 32.2. The molecule has 0 unspecified atom stereocenters. The Kier molecular flexibility index (Phi) is 8.11. The molecule has 8 nitrogen and oxygen atoms in total. The second kappa shape index (κ2) is 11.0. The van der Waals surface area contributed by atoms with Gasteiger partial charge in [0.05, 0.1) is 18.1 Å². The molecule has 2 N–H and O–H groups in total. The highest BCUT2D eigenvalue weighted by molar-refractivity contribution is 7.99. The highest BCUT2D eigenvalue weighted by Gasteiger charge is 2.14. The van der Waals surface area contributed by atoms with Crippen LogP contribution in [0.2, 0.25) is 0 Å². The summed E-state index contributed by atoms with van der Waals surface area (Å²) in [7, 11) is 0. The van der Waals surface area contributed by atoms with Gasteiger partial charge in [0.25, 0.3) is 5.91 Å². The minimum absolute atomic E-state index is 0.0221. The van der Waals surface area contributed by atoms with Gasteiger partial charge in [0.15, 0.2) is 17.4 Å². The number of hydrogen-bond donors (Lipinski definition) is 2. The molecule has 0 bridgehead atoms. The van der Waals surface area contributed by atoms with Gasteiger partial charge >= 0.3 is 0 Å². The molecule has 2 aromatic heterocycles. The van der Waals surface area contributed by atoms with Crippen LogP contribution in [0.15, 0.2) is 35.6 Å². The molecule has 0 atom stereocenters. The molecule has 3 rings (SSSR count). The van der Waals surface area contributed by atoms with Crippen molar-refractivity contribution in [3.05, 3.63) is 36.0 Å². The average molecular weight is 443 g/mol. The first-order valence-corrected chi connectivity index (χ1v) is 11.4. The molecule has 0 spiro atoms. The molecule has 1 aromatic carbocycles. The standard InChI is InChI=1S/C22H30N6O2S/c1-5-9-24-20-18-13-25-28(21(18)27-22(26-20)31-15(2)3)11-10-23-19(29)14-30-17-8-6-7-16(4)12-17/h6-8,12-13,15H,5,9-11,14H2,1-4H3,(H,23,29)(H,24,26,27). The van der Waals surface area contributed by atoms with Crippen LogP contribution in [0.4, 0.5) is 5.82 Å². The molecule has 0 aliphatic rings. The normalized spacial score (nSPS) is 11.1. The first kappa shape index (κ1) is 22.9. The Balaban J connectivity index is 1.62. The van der Waals surface area contributed by atoms with E-state index in [1.54, 1.807) is 22.6 Å². The fourth-order valence-electron chi connectivity index (χ4n) is 2.95. The van der Waals surface area contributed by atoms with Gasteiger partial charge in [-0.1, -0.05) is 44.7 Å². The summed E-state index contributed by atoms with van der Waals surface area (Å²) in [6.07, 6.45) is 2.78. The molecule has 0 aliphatic carbocycles. The molecular formula is C22H30N6O2S. The largest absolute Gasteiger partial charge is 0.484 e. The van der Waals surface area contributed by atoms with E-state index in [0.29, 0.717) is 24.1 Å². The molecule has 9 heteroatoms. The fourth-order valence-corrected chi connectivity index (χ4v) is 3.65. The monoisotopic (exact) mass is 442 g/mol. The zero-order valence-electron chi connectivity index (χ0n) is 18.5. The summed E-state index contributed by atoms with van der Waals surface area (Å²) in [5.41, 5.74) is 1.86. The van der Waals surface area contributed by atoms with Gasteiger partial charge in [0, 0.05) is 18.3 Å². The number of carbonyl (C=O) groups is 1. The van der Waals surface area contributed by atoms with Crippen LogP contribution < -0.4 is 15.4 Å². The number of ether oxygens (including phenoxy) is 1. The molecule has 0 radical (unpaired) electrons. The maximum atomic E-state index is 12.1. The van der Waals surface area contributed by atoms with Gasteiger partial charge in [0.1, 0.15) is 11.6 Å². The van der Waals surface area contributed by atoms with Crippen molar-refractivity contribution in [3.8, 4) is 5.75 Å². The maximum absolute atomic E-state index is 12.1. The molecular weight excluding hydrogens is 412 g/mol. The van der Waals surface area contributed by atoms with Crippen molar-refractivity contribution in [1.29, 1.82) is 0 Å². The van der Waals surface area contributed by atoms with Crippen molar-refractivity contribution in [2.75, 3.05) is 25.0 Å². The predicted octanol–water partition coefficient (Wildman–Crippen LogP) is 3.65. The molecule has 0 saturated carbocycles. The highest BCUT2D eigenvalue weighted by Crippen LogP contribution is 2.26. The summed E-state index contributed by atoms with van der Waals surface area (Å²) in [5, 5.41) is 12.7. The lowest BCUT2D eigenvalue weighted by Gasteiger charge is -2.11. The molecule has 3 aromatic rings. The third kappa shape index (κ3) is 6.58. The first-order valence-electron chi connectivity index (χ1n) is 10.6. The van der Waals surface area contributed by atoms with E-state index in [-0.39, 0.29) is 12.5 Å². The Morgan fingerprint density at radius 3 is 2.84 bits per heavy atom. The number of anilines is 1. The molecule has 0 fully saturated rings. The second-order valence-corrected chi connectivity index (χ2v) is 9.05. The first-order chi connectivity index (χ1) is 15.0. The minimum Gasteiger partial charge on any atom is -0.484 e. The summed E-state index contributed by atoms with van der Waals surface area (Å²) >= 11 is 1.62. The zero-order valence-corrected chi connectivity index (χ0v) is 19.3. The van der Waals surface area contributed by atoms with Gasteiger partial charge in [-0.15, -0.1) is 0 Å². The number of amides is 1. The third-order valence-corrected chi connectivity index (χ3v) is 5.23. The number of nitrogens with one attached hydrogen (secondary N) is 2. The van der Waals surface area contributed by atoms with E-state index < -0.39 is 0 Å². The van der Waals surface area contributed by atoms with E-state index in [2.05, 4.69) is 41.5 Å². The van der Waals surface area contributed by atoms with Gasteiger partial charge in [-0.2, -0.15) is 5.10 Å². The van der Waals surface area contributed by atoms with E-state index in [1.807, 2.05) is 31.2 Å². The van der Waals surface area contributed by atoms with Gasteiger partial charge in [-0.3, -0.25) is 4.79 Å². The Labute approximate surface area is 187 Å². The summed E-state index contributed by atoms with van der Waals surface area (Å²) in [6, 6.07) is 7.63. The van der Waals surface area contributed by atoms with Crippen LogP contribution in [0, 0.1) is 6.92 Å². The number of carbonyl (C=O) groups excluding carboxylic acids is 1. The molecule has 2 heterocycles. The van der Waals surface area contributed by atoms with Crippen molar-refractivity contribution in [1.82, 2.24) is 25.1 Å². The summed E-state index contributed by atoms with van der Waals surface area (Å²) in [5.74, 6) is 1.32. The number of thioether (sulfide) groups is 1.